The fraction of sp³-hybridized carbons (Fsp3) is 0.462. The van der Waals surface area contributed by atoms with Crippen LogP contribution in [0, 0.1) is 12.3 Å². The van der Waals surface area contributed by atoms with Crippen molar-refractivity contribution < 1.29 is 0 Å². The average Bonchev–Trinajstić information content (AvgIpc) is 2.57. The molecule has 92 valence electrons. The first-order valence-corrected chi connectivity index (χ1v) is 7.12. The highest BCUT2D eigenvalue weighted by atomic mass is 32.2. The van der Waals surface area contributed by atoms with Crippen LogP contribution in [0.4, 0.5) is 5.69 Å². The first-order valence-electron chi connectivity index (χ1n) is 5.97. The quantitative estimate of drug-likeness (QED) is 0.624. The number of aryl methyl sites for hydroxylation is 1. The number of nitrogens with one attached hydrogen (secondary N) is 1. The van der Waals surface area contributed by atoms with Gasteiger partial charge in [0, 0.05) is 24.4 Å². The van der Waals surface area contributed by atoms with E-state index in [-0.39, 0.29) is 5.84 Å². The second-order valence-corrected chi connectivity index (χ2v) is 5.56. The van der Waals surface area contributed by atoms with E-state index in [0.717, 1.165) is 30.1 Å². The normalized spacial score (nSPS) is 16.6. The molecule has 1 aliphatic rings. The molecule has 0 aromatic heterocycles. The number of rotatable bonds is 2. The Morgan fingerprint density at radius 1 is 1.35 bits per heavy atom. The molecule has 0 spiro atoms. The Bertz CT molecular complexity index is 409. The van der Waals surface area contributed by atoms with Crippen LogP contribution >= 0.6 is 11.8 Å². The predicted molar refractivity (Wildman–Crippen MR) is 76.4 cm³/mol. The van der Waals surface area contributed by atoms with Gasteiger partial charge >= 0.3 is 0 Å². The molecule has 0 atom stereocenters. The Balaban J connectivity index is 2.37. The Kier molecular flexibility index (Phi) is 3.94. The van der Waals surface area contributed by atoms with Gasteiger partial charge < -0.3 is 10.6 Å². The Morgan fingerprint density at radius 3 is 2.94 bits per heavy atom. The smallest absolute Gasteiger partial charge is 0.124 e. The maximum atomic E-state index is 7.69. The molecule has 1 heterocycles. The van der Waals surface area contributed by atoms with Crippen LogP contribution in [0.15, 0.2) is 18.2 Å². The molecule has 1 aromatic rings. The summed E-state index contributed by atoms with van der Waals surface area (Å²) in [6.45, 7) is 4.22. The summed E-state index contributed by atoms with van der Waals surface area (Å²) in [6.07, 6.45) is 1.20. The Morgan fingerprint density at radius 2 is 2.18 bits per heavy atom. The van der Waals surface area contributed by atoms with Crippen LogP contribution in [0.2, 0.25) is 0 Å². The largest absolute Gasteiger partial charge is 0.384 e. The van der Waals surface area contributed by atoms with Gasteiger partial charge in [0.2, 0.25) is 0 Å². The minimum Gasteiger partial charge on any atom is -0.384 e. The van der Waals surface area contributed by atoms with E-state index >= 15 is 0 Å². The zero-order valence-electron chi connectivity index (χ0n) is 10.2. The highest BCUT2D eigenvalue weighted by molar-refractivity contribution is 7.99. The molecule has 3 N–H and O–H groups in total. The van der Waals surface area contributed by atoms with Crippen LogP contribution in [0.1, 0.15) is 17.5 Å². The van der Waals surface area contributed by atoms with Gasteiger partial charge in [-0.1, -0.05) is 12.1 Å². The van der Waals surface area contributed by atoms with Crippen molar-refractivity contribution in [3.05, 3.63) is 29.3 Å². The Labute approximate surface area is 107 Å². The summed E-state index contributed by atoms with van der Waals surface area (Å²) >= 11 is 2.01. The van der Waals surface area contributed by atoms with E-state index in [1.54, 1.807) is 0 Å². The third-order valence-corrected chi connectivity index (χ3v) is 4.12. The molecule has 3 nitrogen and oxygen atoms in total. The number of para-hydroxylation sites is 1. The lowest BCUT2D eigenvalue weighted by atomic mass is 10.1. The maximum Gasteiger partial charge on any atom is 0.124 e. The summed E-state index contributed by atoms with van der Waals surface area (Å²) in [5.41, 5.74) is 8.92. The van der Waals surface area contributed by atoms with Crippen molar-refractivity contribution >= 4 is 23.3 Å². The van der Waals surface area contributed by atoms with Crippen LogP contribution in [0.3, 0.4) is 0 Å². The van der Waals surface area contributed by atoms with E-state index < -0.39 is 0 Å². The summed E-state index contributed by atoms with van der Waals surface area (Å²) in [6, 6.07) is 6.02. The highest BCUT2D eigenvalue weighted by Crippen LogP contribution is 2.27. The van der Waals surface area contributed by atoms with Crippen molar-refractivity contribution in [2.75, 3.05) is 29.5 Å². The van der Waals surface area contributed by atoms with Crippen molar-refractivity contribution in [1.82, 2.24) is 0 Å². The number of hydrogen-bond donors (Lipinski definition) is 2. The van der Waals surface area contributed by atoms with Gasteiger partial charge in [-0.25, -0.2) is 0 Å². The lowest BCUT2D eigenvalue weighted by Crippen LogP contribution is -2.29. The molecular formula is C13H19N3S. The predicted octanol–water partition coefficient (Wildman–Crippen LogP) is 2.22. The topological polar surface area (TPSA) is 53.1 Å². The van der Waals surface area contributed by atoms with E-state index in [0.29, 0.717) is 0 Å². The van der Waals surface area contributed by atoms with Gasteiger partial charge in [0.1, 0.15) is 5.84 Å². The zero-order chi connectivity index (χ0) is 12.3. The van der Waals surface area contributed by atoms with Crippen LogP contribution in [-0.2, 0) is 0 Å². The molecule has 0 unspecified atom stereocenters. The molecule has 0 amide bonds. The van der Waals surface area contributed by atoms with E-state index in [4.69, 9.17) is 11.1 Å². The van der Waals surface area contributed by atoms with Gasteiger partial charge in [0.05, 0.1) is 5.69 Å². The SMILES string of the molecule is Cc1cccc(C(=N)N)c1N1CCCSCC1. The number of nitrogen functional groups attached to an aromatic ring is 1. The summed E-state index contributed by atoms with van der Waals surface area (Å²) < 4.78 is 0. The van der Waals surface area contributed by atoms with E-state index in [2.05, 4.69) is 17.9 Å². The van der Waals surface area contributed by atoms with Gasteiger partial charge in [0.15, 0.2) is 0 Å². The van der Waals surface area contributed by atoms with E-state index in [1.807, 2.05) is 23.9 Å². The van der Waals surface area contributed by atoms with Gasteiger partial charge in [-0.3, -0.25) is 5.41 Å². The minimum atomic E-state index is 0.167. The average molecular weight is 249 g/mol. The molecule has 0 radical (unpaired) electrons. The first kappa shape index (κ1) is 12.3. The lowest BCUT2D eigenvalue weighted by molar-refractivity contribution is 0.812. The Hall–Kier alpha value is -1.16. The molecule has 0 saturated carbocycles. The summed E-state index contributed by atoms with van der Waals surface area (Å²) in [5, 5.41) is 7.69. The minimum absolute atomic E-state index is 0.167. The van der Waals surface area contributed by atoms with E-state index in [9.17, 15) is 0 Å². The second kappa shape index (κ2) is 5.45. The van der Waals surface area contributed by atoms with Crippen molar-refractivity contribution in [3.63, 3.8) is 0 Å². The fourth-order valence-electron chi connectivity index (χ4n) is 2.27. The maximum absolute atomic E-state index is 7.69. The van der Waals surface area contributed by atoms with Crippen molar-refractivity contribution in [1.29, 1.82) is 5.41 Å². The molecular weight excluding hydrogens is 230 g/mol. The number of nitrogens with two attached hydrogens (primary N) is 1. The zero-order valence-corrected chi connectivity index (χ0v) is 11.0. The van der Waals surface area contributed by atoms with Crippen LogP contribution in [-0.4, -0.2) is 30.4 Å². The second-order valence-electron chi connectivity index (χ2n) is 4.34. The standard InChI is InChI=1S/C13H19N3S/c1-10-4-2-5-11(13(14)15)12(10)16-6-3-8-17-9-7-16/h2,4-5H,3,6-9H2,1H3,(H3,14,15). The lowest BCUT2D eigenvalue weighted by Gasteiger charge is -2.26. The van der Waals surface area contributed by atoms with Crippen LogP contribution < -0.4 is 10.6 Å². The summed E-state index contributed by atoms with van der Waals surface area (Å²) in [4.78, 5) is 2.38. The summed E-state index contributed by atoms with van der Waals surface area (Å²) in [5.74, 6) is 2.56. The van der Waals surface area contributed by atoms with Crippen molar-refractivity contribution in [2.24, 2.45) is 5.73 Å². The molecule has 4 heteroatoms. The monoisotopic (exact) mass is 249 g/mol. The molecule has 1 saturated heterocycles. The van der Waals surface area contributed by atoms with Gasteiger partial charge in [-0.15, -0.1) is 0 Å². The molecule has 0 bridgehead atoms. The highest BCUT2D eigenvalue weighted by Gasteiger charge is 2.16. The first-order chi connectivity index (χ1) is 8.20. The van der Waals surface area contributed by atoms with Gasteiger partial charge in [0.25, 0.3) is 0 Å². The van der Waals surface area contributed by atoms with Gasteiger partial charge in [-0.05, 0) is 30.7 Å². The third-order valence-electron chi connectivity index (χ3n) is 3.07. The molecule has 0 aliphatic carbocycles. The molecule has 2 rings (SSSR count). The van der Waals surface area contributed by atoms with E-state index in [1.165, 1.54) is 17.7 Å². The molecule has 1 fully saturated rings. The molecule has 17 heavy (non-hydrogen) atoms. The summed E-state index contributed by atoms with van der Waals surface area (Å²) in [7, 11) is 0. The van der Waals surface area contributed by atoms with Gasteiger partial charge in [-0.2, -0.15) is 11.8 Å². The number of nitrogens with zero attached hydrogens (tertiary/aromatic N) is 1. The van der Waals surface area contributed by atoms with Crippen LogP contribution in [0.25, 0.3) is 0 Å². The number of thioether (sulfide) groups is 1. The van der Waals surface area contributed by atoms with Crippen molar-refractivity contribution in [2.45, 2.75) is 13.3 Å². The number of hydrogen-bond acceptors (Lipinski definition) is 3. The van der Waals surface area contributed by atoms with Crippen LogP contribution in [0.5, 0.6) is 0 Å². The van der Waals surface area contributed by atoms with Crippen molar-refractivity contribution in [3.8, 4) is 0 Å². The number of anilines is 1. The number of amidine groups is 1. The molecule has 1 aromatic carbocycles. The third kappa shape index (κ3) is 2.75. The molecule has 1 aliphatic heterocycles. The number of benzene rings is 1. The fourth-order valence-corrected chi connectivity index (χ4v) is 3.15.